The standard InChI is InChI=1S/C18H18N4O/c1-23-18(8-13-4-2-3-5-14(13)9-18)11-20-17-15-6-7-19-10-16(15)21-12-22-17/h2-7,10,12H,8-9,11H2,1H3,(H,20,21,22). The second-order valence-corrected chi connectivity index (χ2v) is 5.98. The van der Waals surface area contributed by atoms with Gasteiger partial charge in [-0.3, -0.25) is 4.98 Å². The van der Waals surface area contributed by atoms with Gasteiger partial charge in [-0.2, -0.15) is 0 Å². The van der Waals surface area contributed by atoms with Crippen molar-refractivity contribution in [3.05, 3.63) is 60.2 Å². The highest BCUT2D eigenvalue weighted by Crippen LogP contribution is 2.33. The van der Waals surface area contributed by atoms with Gasteiger partial charge in [0.25, 0.3) is 0 Å². The number of ether oxygens (including phenoxy) is 1. The average molecular weight is 306 g/mol. The molecule has 23 heavy (non-hydrogen) atoms. The predicted molar refractivity (Wildman–Crippen MR) is 89.4 cm³/mol. The van der Waals surface area contributed by atoms with Crippen molar-refractivity contribution in [3.8, 4) is 0 Å². The summed E-state index contributed by atoms with van der Waals surface area (Å²) in [5, 5.41) is 4.43. The molecule has 1 aliphatic carbocycles. The largest absolute Gasteiger partial charge is 0.376 e. The van der Waals surface area contributed by atoms with Crippen LogP contribution < -0.4 is 5.32 Å². The molecule has 0 fully saturated rings. The lowest BCUT2D eigenvalue weighted by atomic mass is 10.00. The van der Waals surface area contributed by atoms with Crippen LogP contribution in [0.1, 0.15) is 11.1 Å². The van der Waals surface area contributed by atoms with Crippen LogP contribution in [0.15, 0.2) is 49.1 Å². The van der Waals surface area contributed by atoms with E-state index < -0.39 is 0 Å². The number of aromatic nitrogens is 3. The normalized spacial score (nSPS) is 15.5. The van der Waals surface area contributed by atoms with Crippen molar-refractivity contribution in [1.82, 2.24) is 15.0 Å². The number of pyridine rings is 1. The quantitative estimate of drug-likeness (QED) is 0.803. The van der Waals surface area contributed by atoms with Gasteiger partial charge in [-0.05, 0) is 17.2 Å². The summed E-state index contributed by atoms with van der Waals surface area (Å²) in [6, 6.07) is 10.5. The van der Waals surface area contributed by atoms with Crippen LogP contribution in [-0.4, -0.2) is 34.2 Å². The maximum absolute atomic E-state index is 5.90. The molecule has 2 heterocycles. The number of hydrogen-bond donors (Lipinski definition) is 1. The van der Waals surface area contributed by atoms with Crippen molar-refractivity contribution in [2.75, 3.05) is 19.0 Å². The minimum Gasteiger partial charge on any atom is -0.376 e. The minimum atomic E-state index is -0.228. The Morgan fingerprint density at radius 2 is 1.91 bits per heavy atom. The van der Waals surface area contributed by atoms with Crippen LogP contribution in [0.2, 0.25) is 0 Å². The van der Waals surface area contributed by atoms with E-state index in [1.807, 2.05) is 6.07 Å². The van der Waals surface area contributed by atoms with E-state index >= 15 is 0 Å². The van der Waals surface area contributed by atoms with Gasteiger partial charge >= 0.3 is 0 Å². The predicted octanol–water partition coefficient (Wildman–Crippen LogP) is 2.62. The van der Waals surface area contributed by atoms with Crippen LogP contribution in [-0.2, 0) is 17.6 Å². The average Bonchev–Trinajstić information content (AvgIpc) is 2.99. The molecule has 5 nitrogen and oxygen atoms in total. The molecule has 0 radical (unpaired) electrons. The summed E-state index contributed by atoms with van der Waals surface area (Å²) in [7, 11) is 1.79. The molecule has 1 N–H and O–H groups in total. The summed E-state index contributed by atoms with van der Waals surface area (Å²) in [6.45, 7) is 0.701. The zero-order valence-corrected chi connectivity index (χ0v) is 13.0. The Morgan fingerprint density at radius 3 is 2.65 bits per heavy atom. The fourth-order valence-electron chi connectivity index (χ4n) is 3.29. The molecule has 1 aliphatic rings. The molecule has 0 unspecified atom stereocenters. The van der Waals surface area contributed by atoms with Crippen molar-refractivity contribution >= 4 is 16.7 Å². The fourth-order valence-corrected chi connectivity index (χ4v) is 3.29. The second-order valence-electron chi connectivity index (χ2n) is 5.98. The fraction of sp³-hybridized carbons (Fsp3) is 0.278. The number of nitrogens with zero attached hydrogens (tertiary/aromatic N) is 3. The lowest BCUT2D eigenvalue weighted by molar-refractivity contribution is 0.0103. The Balaban J connectivity index is 1.58. The van der Waals surface area contributed by atoms with Crippen molar-refractivity contribution in [3.63, 3.8) is 0 Å². The molecule has 0 saturated carbocycles. The first-order valence-corrected chi connectivity index (χ1v) is 7.70. The van der Waals surface area contributed by atoms with Gasteiger partial charge in [0.1, 0.15) is 12.1 Å². The Labute approximate surface area is 134 Å². The van der Waals surface area contributed by atoms with Gasteiger partial charge in [-0.1, -0.05) is 24.3 Å². The molecule has 3 aromatic rings. The van der Waals surface area contributed by atoms with E-state index in [2.05, 4.69) is 44.5 Å². The number of benzene rings is 1. The summed E-state index contributed by atoms with van der Waals surface area (Å²) in [4.78, 5) is 12.7. The highest BCUT2D eigenvalue weighted by Gasteiger charge is 2.37. The smallest absolute Gasteiger partial charge is 0.137 e. The third kappa shape index (κ3) is 2.53. The first kappa shape index (κ1) is 14.1. The molecule has 0 bridgehead atoms. The maximum Gasteiger partial charge on any atom is 0.137 e. The van der Waals surface area contributed by atoms with Gasteiger partial charge in [0, 0.05) is 38.1 Å². The number of nitrogens with one attached hydrogen (secondary N) is 1. The molecular formula is C18H18N4O. The van der Waals surface area contributed by atoms with Crippen LogP contribution in [0.4, 0.5) is 5.82 Å². The number of fused-ring (bicyclic) bond motifs is 2. The molecule has 0 atom stereocenters. The van der Waals surface area contributed by atoms with Gasteiger partial charge < -0.3 is 10.1 Å². The SMILES string of the molecule is COC1(CNc2ncnc3cnccc23)Cc2ccccc2C1. The third-order valence-electron chi connectivity index (χ3n) is 4.59. The Hall–Kier alpha value is -2.53. The summed E-state index contributed by atoms with van der Waals surface area (Å²) in [5.74, 6) is 0.824. The van der Waals surface area contributed by atoms with E-state index in [1.165, 1.54) is 11.1 Å². The van der Waals surface area contributed by atoms with Crippen LogP contribution in [0.3, 0.4) is 0 Å². The summed E-state index contributed by atoms with van der Waals surface area (Å²) < 4.78 is 5.90. The van der Waals surface area contributed by atoms with Crippen molar-refractivity contribution < 1.29 is 4.74 Å². The minimum absolute atomic E-state index is 0.228. The molecule has 2 aromatic heterocycles. The lowest BCUT2D eigenvalue weighted by Crippen LogP contribution is -2.40. The Bertz CT molecular complexity index is 819. The molecule has 0 amide bonds. The van der Waals surface area contributed by atoms with E-state index in [-0.39, 0.29) is 5.60 Å². The molecule has 5 heteroatoms. The Kier molecular flexibility index (Phi) is 3.42. The molecule has 0 saturated heterocycles. The molecule has 4 rings (SSSR count). The number of rotatable bonds is 4. The van der Waals surface area contributed by atoms with Gasteiger partial charge in [-0.25, -0.2) is 9.97 Å². The summed E-state index contributed by atoms with van der Waals surface area (Å²) >= 11 is 0. The topological polar surface area (TPSA) is 59.9 Å². The second kappa shape index (κ2) is 5.59. The van der Waals surface area contributed by atoms with Crippen molar-refractivity contribution in [2.45, 2.75) is 18.4 Å². The number of hydrogen-bond acceptors (Lipinski definition) is 5. The van der Waals surface area contributed by atoms with E-state index in [4.69, 9.17) is 4.74 Å². The van der Waals surface area contributed by atoms with Gasteiger partial charge in [-0.15, -0.1) is 0 Å². The van der Waals surface area contributed by atoms with E-state index in [0.29, 0.717) is 6.54 Å². The highest BCUT2D eigenvalue weighted by atomic mass is 16.5. The number of anilines is 1. The van der Waals surface area contributed by atoms with Crippen LogP contribution in [0, 0.1) is 0 Å². The molecule has 116 valence electrons. The van der Waals surface area contributed by atoms with Gasteiger partial charge in [0.05, 0.1) is 17.3 Å². The van der Waals surface area contributed by atoms with Crippen LogP contribution in [0.25, 0.3) is 10.9 Å². The zero-order chi connectivity index (χ0) is 15.7. The van der Waals surface area contributed by atoms with Crippen molar-refractivity contribution in [1.29, 1.82) is 0 Å². The van der Waals surface area contributed by atoms with Crippen molar-refractivity contribution in [2.24, 2.45) is 0 Å². The molecule has 0 aliphatic heterocycles. The van der Waals surface area contributed by atoms with E-state index in [1.54, 1.807) is 25.8 Å². The molecular weight excluding hydrogens is 288 g/mol. The Morgan fingerprint density at radius 1 is 1.13 bits per heavy atom. The third-order valence-corrected chi connectivity index (χ3v) is 4.59. The molecule has 1 aromatic carbocycles. The zero-order valence-electron chi connectivity index (χ0n) is 13.0. The van der Waals surface area contributed by atoms with Crippen LogP contribution in [0.5, 0.6) is 0 Å². The first-order chi connectivity index (χ1) is 11.3. The summed E-state index contributed by atoms with van der Waals surface area (Å²) in [5.41, 5.74) is 3.35. The van der Waals surface area contributed by atoms with E-state index in [9.17, 15) is 0 Å². The monoisotopic (exact) mass is 306 g/mol. The van der Waals surface area contributed by atoms with Gasteiger partial charge in [0.15, 0.2) is 0 Å². The number of methoxy groups -OCH3 is 1. The lowest BCUT2D eigenvalue weighted by Gasteiger charge is -2.28. The maximum atomic E-state index is 5.90. The van der Waals surface area contributed by atoms with E-state index in [0.717, 1.165) is 29.6 Å². The first-order valence-electron chi connectivity index (χ1n) is 7.70. The summed E-state index contributed by atoms with van der Waals surface area (Å²) in [6.07, 6.45) is 6.90. The van der Waals surface area contributed by atoms with Gasteiger partial charge in [0.2, 0.25) is 0 Å². The molecule has 0 spiro atoms. The van der Waals surface area contributed by atoms with Crippen LogP contribution >= 0.6 is 0 Å². The highest BCUT2D eigenvalue weighted by molar-refractivity contribution is 5.87.